The Hall–Kier alpha value is -1.95. The largest absolute Gasteiger partial charge is 0.462 e. The number of halogens is 1. The fraction of sp³-hybridized carbons (Fsp3) is 0.385. The summed E-state index contributed by atoms with van der Waals surface area (Å²) >= 11 is 0. The highest BCUT2D eigenvalue weighted by molar-refractivity contribution is 5.93. The van der Waals surface area contributed by atoms with Crippen molar-refractivity contribution in [1.82, 2.24) is 9.61 Å². The fourth-order valence-electron chi connectivity index (χ4n) is 1.96. The number of ether oxygens (including phenoxy) is 2. The van der Waals surface area contributed by atoms with E-state index in [9.17, 15) is 9.18 Å². The quantitative estimate of drug-likeness (QED) is 0.797. The summed E-state index contributed by atoms with van der Waals surface area (Å²) in [4.78, 5) is 11.9. The van der Waals surface area contributed by atoms with Gasteiger partial charge in [-0.25, -0.2) is 13.7 Å². The first kappa shape index (κ1) is 13.5. The first-order valence-corrected chi connectivity index (χ1v) is 5.95. The van der Waals surface area contributed by atoms with Crippen molar-refractivity contribution in [3.63, 3.8) is 0 Å². The Balaban J connectivity index is 2.65. The number of fused-ring (bicyclic) bond motifs is 1. The summed E-state index contributed by atoms with van der Waals surface area (Å²) in [5, 5.41) is 4.00. The van der Waals surface area contributed by atoms with Crippen molar-refractivity contribution in [1.29, 1.82) is 0 Å². The Kier molecular flexibility index (Phi) is 3.80. The monoisotopic (exact) mass is 266 g/mol. The third kappa shape index (κ3) is 2.44. The van der Waals surface area contributed by atoms with Crippen LogP contribution in [0.5, 0.6) is 0 Å². The minimum absolute atomic E-state index is 0.264. The first-order chi connectivity index (χ1) is 9.08. The average Bonchev–Trinajstić information content (AvgIpc) is 2.77. The van der Waals surface area contributed by atoms with Crippen molar-refractivity contribution < 1.29 is 18.7 Å². The van der Waals surface area contributed by atoms with Crippen LogP contribution in [0.15, 0.2) is 18.5 Å². The van der Waals surface area contributed by atoms with Gasteiger partial charge in [0.25, 0.3) is 0 Å². The number of rotatable bonds is 4. The maximum atomic E-state index is 13.3. The van der Waals surface area contributed by atoms with Gasteiger partial charge in [0.1, 0.15) is 5.82 Å². The summed E-state index contributed by atoms with van der Waals surface area (Å²) in [7, 11) is 1.52. The second-order valence-electron chi connectivity index (χ2n) is 4.06. The Morgan fingerprint density at radius 2 is 2.32 bits per heavy atom. The highest BCUT2D eigenvalue weighted by atomic mass is 19.1. The number of nitrogens with zero attached hydrogens (tertiary/aromatic N) is 2. The molecule has 19 heavy (non-hydrogen) atoms. The normalized spacial score (nSPS) is 12.6. The Morgan fingerprint density at radius 3 is 2.95 bits per heavy atom. The lowest BCUT2D eigenvalue weighted by atomic mass is 10.1. The molecule has 0 aliphatic rings. The molecule has 0 spiro atoms. The first-order valence-electron chi connectivity index (χ1n) is 5.95. The number of carbonyl (C=O) groups is 1. The Morgan fingerprint density at radius 1 is 1.58 bits per heavy atom. The predicted octanol–water partition coefficient (Wildman–Crippen LogP) is 2.36. The summed E-state index contributed by atoms with van der Waals surface area (Å²) in [6, 6.07) is 1.32. The van der Waals surface area contributed by atoms with Gasteiger partial charge in [0, 0.05) is 18.7 Å². The van der Waals surface area contributed by atoms with Crippen LogP contribution < -0.4 is 0 Å². The van der Waals surface area contributed by atoms with E-state index in [4.69, 9.17) is 9.47 Å². The highest BCUT2D eigenvalue weighted by Crippen LogP contribution is 2.26. The van der Waals surface area contributed by atoms with Gasteiger partial charge in [-0.15, -0.1) is 0 Å². The molecule has 0 bridgehead atoms. The molecule has 0 radical (unpaired) electrons. The zero-order chi connectivity index (χ0) is 14.0. The van der Waals surface area contributed by atoms with Crippen molar-refractivity contribution >= 4 is 11.5 Å². The van der Waals surface area contributed by atoms with E-state index in [0.717, 1.165) is 0 Å². The van der Waals surface area contributed by atoms with Gasteiger partial charge in [0.05, 0.1) is 36.2 Å². The molecule has 5 nitrogen and oxygen atoms in total. The average molecular weight is 266 g/mol. The highest BCUT2D eigenvalue weighted by Gasteiger charge is 2.22. The summed E-state index contributed by atoms with van der Waals surface area (Å²) in [5.41, 5.74) is 1.36. The molecule has 0 aliphatic heterocycles. The van der Waals surface area contributed by atoms with Crippen LogP contribution >= 0.6 is 0 Å². The van der Waals surface area contributed by atoms with Gasteiger partial charge in [-0.3, -0.25) is 0 Å². The number of aromatic nitrogens is 2. The molecule has 0 saturated carbocycles. The van der Waals surface area contributed by atoms with Gasteiger partial charge in [0.15, 0.2) is 0 Å². The molecular weight excluding hydrogens is 251 g/mol. The van der Waals surface area contributed by atoms with Gasteiger partial charge in [-0.05, 0) is 13.8 Å². The summed E-state index contributed by atoms with van der Waals surface area (Å²) in [6.07, 6.45) is 2.24. The number of methoxy groups -OCH3 is 1. The predicted molar refractivity (Wildman–Crippen MR) is 66.5 cm³/mol. The molecule has 0 aromatic carbocycles. The van der Waals surface area contributed by atoms with Crippen LogP contribution in [-0.4, -0.2) is 29.3 Å². The van der Waals surface area contributed by atoms with Crippen LogP contribution in [0.25, 0.3) is 5.52 Å². The van der Waals surface area contributed by atoms with Crippen molar-refractivity contribution in [3.05, 3.63) is 35.4 Å². The van der Waals surface area contributed by atoms with E-state index in [-0.39, 0.29) is 12.7 Å². The van der Waals surface area contributed by atoms with Gasteiger partial charge in [-0.1, -0.05) is 0 Å². The second kappa shape index (κ2) is 5.36. The maximum Gasteiger partial charge on any atom is 0.340 e. The molecule has 0 aliphatic carbocycles. The van der Waals surface area contributed by atoms with Crippen molar-refractivity contribution in [2.24, 2.45) is 0 Å². The van der Waals surface area contributed by atoms with Crippen LogP contribution in [0.1, 0.15) is 35.9 Å². The van der Waals surface area contributed by atoms with E-state index >= 15 is 0 Å². The van der Waals surface area contributed by atoms with Crippen LogP contribution in [0.4, 0.5) is 4.39 Å². The van der Waals surface area contributed by atoms with Crippen molar-refractivity contribution in [3.8, 4) is 0 Å². The third-order valence-corrected chi connectivity index (χ3v) is 2.90. The standard InChI is InChI=1S/C13H15FN2O3/c1-4-19-13(17)10-6-15-16-7-9(14)5-11(16)12(10)8(2)18-3/h5-8H,4H2,1-3H3/t8-/m0/s1. The number of esters is 1. The van der Waals surface area contributed by atoms with Crippen molar-refractivity contribution in [2.45, 2.75) is 20.0 Å². The molecule has 0 amide bonds. The second-order valence-corrected chi connectivity index (χ2v) is 4.06. The summed E-state index contributed by atoms with van der Waals surface area (Å²) in [6.45, 7) is 3.77. The zero-order valence-corrected chi connectivity index (χ0v) is 11.0. The lowest BCUT2D eigenvalue weighted by Crippen LogP contribution is -2.13. The van der Waals surface area contributed by atoms with E-state index in [1.807, 2.05) is 0 Å². The molecule has 102 valence electrons. The molecule has 0 unspecified atom stereocenters. The molecule has 0 saturated heterocycles. The Labute approximate surface area is 109 Å². The van der Waals surface area contributed by atoms with E-state index in [1.54, 1.807) is 13.8 Å². The minimum Gasteiger partial charge on any atom is -0.462 e. The maximum absolute atomic E-state index is 13.3. The zero-order valence-electron chi connectivity index (χ0n) is 11.0. The van der Waals surface area contributed by atoms with Crippen LogP contribution in [0, 0.1) is 5.82 Å². The van der Waals surface area contributed by atoms with E-state index in [0.29, 0.717) is 16.6 Å². The molecule has 2 aromatic heterocycles. The lowest BCUT2D eigenvalue weighted by Gasteiger charge is -2.15. The van der Waals surface area contributed by atoms with E-state index < -0.39 is 11.8 Å². The van der Waals surface area contributed by atoms with Crippen LogP contribution in [0.3, 0.4) is 0 Å². The minimum atomic E-state index is -0.488. The summed E-state index contributed by atoms with van der Waals surface area (Å²) in [5.74, 6) is -0.906. The summed E-state index contributed by atoms with van der Waals surface area (Å²) < 4.78 is 24.9. The molecule has 2 rings (SSSR count). The van der Waals surface area contributed by atoms with Gasteiger partial charge >= 0.3 is 5.97 Å². The number of hydrogen-bond acceptors (Lipinski definition) is 4. The van der Waals surface area contributed by atoms with Gasteiger partial charge in [0.2, 0.25) is 0 Å². The number of hydrogen-bond donors (Lipinski definition) is 0. The third-order valence-electron chi connectivity index (χ3n) is 2.90. The smallest absolute Gasteiger partial charge is 0.340 e. The fourth-order valence-corrected chi connectivity index (χ4v) is 1.96. The molecule has 6 heteroatoms. The SMILES string of the molecule is CCOC(=O)c1cnn2cc(F)cc2c1[C@H](C)OC. The molecule has 0 N–H and O–H groups in total. The van der Waals surface area contributed by atoms with E-state index in [1.165, 1.54) is 30.1 Å². The molecule has 2 aromatic rings. The topological polar surface area (TPSA) is 52.8 Å². The molecular formula is C13H15FN2O3. The molecule has 1 atom stereocenters. The molecule has 2 heterocycles. The van der Waals surface area contributed by atoms with Crippen molar-refractivity contribution in [2.75, 3.05) is 13.7 Å². The number of carbonyl (C=O) groups excluding carboxylic acids is 1. The van der Waals surface area contributed by atoms with Gasteiger partial charge < -0.3 is 9.47 Å². The lowest BCUT2D eigenvalue weighted by molar-refractivity contribution is 0.0515. The van der Waals surface area contributed by atoms with Crippen LogP contribution in [-0.2, 0) is 9.47 Å². The van der Waals surface area contributed by atoms with E-state index in [2.05, 4.69) is 5.10 Å². The Bertz CT molecular complexity index is 609. The van der Waals surface area contributed by atoms with Gasteiger partial charge in [-0.2, -0.15) is 5.10 Å². The molecule has 0 fully saturated rings. The van der Waals surface area contributed by atoms with Crippen LogP contribution in [0.2, 0.25) is 0 Å².